The summed E-state index contributed by atoms with van der Waals surface area (Å²) in [6.45, 7) is 1.04. The van der Waals surface area contributed by atoms with E-state index in [4.69, 9.17) is 5.73 Å². The second kappa shape index (κ2) is 4.25. The Kier molecular flexibility index (Phi) is 3.37. The highest BCUT2D eigenvalue weighted by molar-refractivity contribution is 7.80. The van der Waals surface area contributed by atoms with E-state index in [0.717, 1.165) is 19.1 Å². The Hall–Kier alpha value is -1.37. The lowest BCUT2D eigenvalue weighted by molar-refractivity contribution is -0.137. The predicted molar refractivity (Wildman–Crippen MR) is 56.5 cm³/mol. The lowest BCUT2D eigenvalue weighted by atomic mass is 10.1. The molecule has 7 heteroatoms. The van der Waals surface area contributed by atoms with Gasteiger partial charge in [0.05, 0.1) is 11.3 Å². The van der Waals surface area contributed by atoms with Gasteiger partial charge in [-0.15, -0.1) is 0 Å². The summed E-state index contributed by atoms with van der Waals surface area (Å²) < 4.78 is 51.0. The van der Waals surface area contributed by atoms with Crippen molar-refractivity contribution in [2.75, 3.05) is 5.32 Å². The number of nitrogens with two attached hydrogens (primary N) is 1. The highest BCUT2D eigenvalue weighted by Gasteiger charge is 2.36. The third-order valence-corrected chi connectivity index (χ3v) is 2.04. The quantitative estimate of drug-likeness (QED) is 0.596. The van der Waals surface area contributed by atoms with Crippen molar-refractivity contribution in [3.05, 3.63) is 29.1 Å². The van der Waals surface area contributed by atoms with Crippen molar-refractivity contribution in [3.63, 3.8) is 0 Å². The van der Waals surface area contributed by atoms with E-state index in [-0.39, 0.29) is 10.8 Å². The molecule has 1 rings (SSSR count). The third-order valence-electron chi connectivity index (χ3n) is 1.94. The van der Waals surface area contributed by atoms with Gasteiger partial charge in [-0.05, 0) is 36.8 Å². The molecule has 0 atom stereocenters. The Morgan fingerprint density at radius 1 is 1.38 bits per heavy atom. The highest BCUT2D eigenvalue weighted by atomic mass is 32.1. The van der Waals surface area contributed by atoms with E-state index in [1.54, 1.807) is 0 Å². The zero-order valence-corrected chi connectivity index (χ0v) is 8.97. The maximum atomic E-state index is 13.0. The van der Waals surface area contributed by atoms with Crippen molar-refractivity contribution in [1.82, 2.24) is 0 Å². The molecule has 0 spiro atoms. The molecule has 1 aromatic carbocycles. The molecule has 0 unspecified atom stereocenters. The maximum absolute atomic E-state index is 13.0. The molecule has 0 heterocycles. The van der Waals surface area contributed by atoms with Gasteiger partial charge in [0.1, 0.15) is 5.82 Å². The molecule has 0 saturated carbocycles. The summed E-state index contributed by atoms with van der Waals surface area (Å²) in [5.41, 5.74) is 3.15. The average Bonchev–Trinajstić information content (AvgIpc) is 2.08. The van der Waals surface area contributed by atoms with E-state index in [0.29, 0.717) is 0 Å². The van der Waals surface area contributed by atoms with Crippen LogP contribution in [0.4, 0.5) is 23.2 Å². The molecule has 0 aliphatic heterocycles. The van der Waals surface area contributed by atoms with Crippen molar-refractivity contribution in [2.24, 2.45) is 5.73 Å². The van der Waals surface area contributed by atoms with E-state index < -0.39 is 23.1 Å². The fourth-order valence-corrected chi connectivity index (χ4v) is 1.40. The molecule has 16 heavy (non-hydrogen) atoms. The Labute approximate surface area is 94.4 Å². The monoisotopic (exact) mass is 252 g/mol. The second-order valence-corrected chi connectivity index (χ2v) is 3.52. The molecule has 88 valence electrons. The van der Waals surface area contributed by atoms with E-state index in [1.165, 1.54) is 0 Å². The molecule has 0 aliphatic carbocycles. The number of hydrogen-bond acceptors (Lipinski definition) is 1. The van der Waals surface area contributed by atoms with Crippen LogP contribution in [0.2, 0.25) is 0 Å². The standard InChI is InChI=1S/C9H8F4N2S/c1-4-5(10)2-3-6(15-8(14)16)7(4)9(11,12)13/h2-3H,1H3,(H3,14,15,16). The van der Waals surface area contributed by atoms with Gasteiger partial charge in [-0.1, -0.05) is 0 Å². The first-order valence-electron chi connectivity index (χ1n) is 4.16. The number of thiocarbonyl (C=S) groups is 1. The molecule has 2 nitrogen and oxygen atoms in total. The fraction of sp³-hybridized carbons (Fsp3) is 0.222. The first-order chi connectivity index (χ1) is 7.23. The number of alkyl halides is 3. The van der Waals surface area contributed by atoms with Crippen LogP contribution < -0.4 is 11.1 Å². The molecule has 0 saturated heterocycles. The van der Waals surface area contributed by atoms with Gasteiger partial charge in [0.15, 0.2) is 5.11 Å². The summed E-state index contributed by atoms with van der Waals surface area (Å²) in [7, 11) is 0. The Bertz CT molecular complexity index is 428. The van der Waals surface area contributed by atoms with Crippen molar-refractivity contribution in [3.8, 4) is 0 Å². The van der Waals surface area contributed by atoms with Gasteiger partial charge >= 0.3 is 6.18 Å². The van der Waals surface area contributed by atoms with Crippen LogP contribution in [0.3, 0.4) is 0 Å². The third kappa shape index (κ3) is 2.60. The number of benzene rings is 1. The van der Waals surface area contributed by atoms with E-state index in [9.17, 15) is 17.6 Å². The summed E-state index contributed by atoms with van der Waals surface area (Å²) in [6.07, 6.45) is -4.67. The van der Waals surface area contributed by atoms with Gasteiger partial charge in [0, 0.05) is 0 Å². The normalized spacial score (nSPS) is 11.3. The second-order valence-electron chi connectivity index (χ2n) is 3.08. The van der Waals surface area contributed by atoms with Gasteiger partial charge in [-0.3, -0.25) is 0 Å². The lowest BCUT2D eigenvalue weighted by Gasteiger charge is -2.16. The van der Waals surface area contributed by atoms with Crippen LogP contribution in [0.1, 0.15) is 11.1 Å². The van der Waals surface area contributed by atoms with Crippen molar-refractivity contribution in [1.29, 1.82) is 0 Å². The maximum Gasteiger partial charge on any atom is 0.418 e. The van der Waals surface area contributed by atoms with Gasteiger partial charge in [-0.25, -0.2) is 4.39 Å². The number of nitrogens with one attached hydrogen (secondary N) is 1. The largest absolute Gasteiger partial charge is 0.418 e. The fourth-order valence-electron chi connectivity index (χ4n) is 1.29. The Balaban J connectivity index is 3.39. The van der Waals surface area contributed by atoms with Crippen LogP contribution in [0, 0.1) is 12.7 Å². The molecule has 0 aliphatic rings. The first kappa shape index (κ1) is 12.7. The van der Waals surface area contributed by atoms with Crippen LogP contribution in [-0.4, -0.2) is 5.11 Å². The molecule has 1 aromatic rings. The van der Waals surface area contributed by atoms with Crippen LogP contribution in [0.15, 0.2) is 12.1 Å². The minimum absolute atomic E-state index is 0.309. The Morgan fingerprint density at radius 3 is 2.38 bits per heavy atom. The number of anilines is 1. The van der Waals surface area contributed by atoms with Gasteiger partial charge in [0.2, 0.25) is 0 Å². The number of rotatable bonds is 1. The zero-order chi connectivity index (χ0) is 12.5. The van der Waals surface area contributed by atoms with Gasteiger partial charge < -0.3 is 11.1 Å². The van der Waals surface area contributed by atoms with Gasteiger partial charge in [0.25, 0.3) is 0 Å². The predicted octanol–water partition coefficient (Wildman–Crippen LogP) is 2.81. The zero-order valence-electron chi connectivity index (χ0n) is 8.15. The Morgan fingerprint density at radius 2 is 1.94 bits per heavy atom. The molecule has 3 N–H and O–H groups in total. The minimum atomic E-state index is -4.67. The van der Waals surface area contributed by atoms with E-state index >= 15 is 0 Å². The molecule has 0 radical (unpaired) electrons. The highest BCUT2D eigenvalue weighted by Crippen LogP contribution is 2.38. The molecular formula is C9H8F4N2S. The summed E-state index contributed by atoms with van der Waals surface area (Å²) in [5, 5.41) is 1.86. The van der Waals surface area contributed by atoms with Crippen LogP contribution in [0.5, 0.6) is 0 Å². The van der Waals surface area contributed by atoms with Gasteiger partial charge in [-0.2, -0.15) is 13.2 Å². The summed E-state index contributed by atoms with van der Waals surface area (Å²) >= 11 is 4.44. The van der Waals surface area contributed by atoms with Crippen LogP contribution in [-0.2, 0) is 6.18 Å². The molecule has 0 bridgehead atoms. The average molecular weight is 252 g/mol. The lowest BCUT2D eigenvalue weighted by Crippen LogP contribution is -2.22. The summed E-state index contributed by atoms with van der Waals surface area (Å²) in [5.74, 6) is -0.930. The number of halogens is 4. The molecule has 0 amide bonds. The molecule has 0 aromatic heterocycles. The SMILES string of the molecule is Cc1c(F)ccc(NC(N)=S)c1C(F)(F)F. The molecule has 0 fully saturated rings. The van der Waals surface area contributed by atoms with Crippen LogP contribution in [0.25, 0.3) is 0 Å². The smallest absolute Gasteiger partial charge is 0.376 e. The van der Waals surface area contributed by atoms with Crippen LogP contribution >= 0.6 is 12.2 Å². The van der Waals surface area contributed by atoms with Crippen molar-refractivity contribution < 1.29 is 17.6 Å². The van der Waals surface area contributed by atoms with E-state index in [1.807, 2.05) is 0 Å². The summed E-state index contributed by atoms with van der Waals surface area (Å²) in [6, 6.07) is 1.87. The first-order valence-corrected chi connectivity index (χ1v) is 4.57. The van der Waals surface area contributed by atoms with Crippen molar-refractivity contribution in [2.45, 2.75) is 13.1 Å². The molecular weight excluding hydrogens is 244 g/mol. The van der Waals surface area contributed by atoms with Crippen molar-refractivity contribution >= 4 is 23.0 Å². The minimum Gasteiger partial charge on any atom is -0.376 e. The van der Waals surface area contributed by atoms with E-state index in [2.05, 4.69) is 17.5 Å². The number of hydrogen-bond donors (Lipinski definition) is 2. The topological polar surface area (TPSA) is 38.0 Å². The summed E-state index contributed by atoms with van der Waals surface area (Å²) in [4.78, 5) is 0.